The largest absolute Gasteiger partial charge is 0.274 e. The summed E-state index contributed by atoms with van der Waals surface area (Å²) in [6, 6.07) is 16.8. The van der Waals surface area contributed by atoms with Crippen LogP contribution in [-0.4, -0.2) is 19.1 Å². The number of nitrogens with zero attached hydrogens (tertiary/aromatic N) is 5. The lowest BCUT2D eigenvalue weighted by Crippen LogP contribution is -2.31. The van der Waals surface area contributed by atoms with Gasteiger partial charge >= 0.3 is 0 Å². The minimum Gasteiger partial charge on any atom is -0.261 e. The predicted octanol–water partition coefficient (Wildman–Crippen LogP) is 3.23. The molecule has 1 aliphatic heterocycles. The summed E-state index contributed by atoms with van der Waals surface area (Å²) >= 11 is 0. The maximum Gasteiger partial charge on any atom is 0.274 e. The third-order valence-electron chi connectivity index (χ3n) is 5.33. The maximum atomic E-state index is 4.66. The standard InChI is InChI=1S/C21H16N5/c1-24-20-18-14(6-5-10-23-18)13-25(20)19-16-9-11-22-12-17(16)26(21(19)24)15-7-3-2-4-8-15/h2-12H,13H2,1H3/q+1. The molecule has 5 aromatic rings. The Morgan fingerprint density at radius 3 is 2.77 bits per heavy atom. The average molecular weight is 338 g/mol. The summed E-state index contributed by atoms with van der Waals surface area (Å²) in [6.07, 6.45) is 5.70. The van der Waals surface area contributed by atoms with E-state index in [2.05, 4.69) is 67.1 Å². The normalized spacial score (nSPS) is 12.7. The highest BCUT2D eigenvalue weighted by molar-refractivity contribution is 6.05. The average Bonchev–Trinajstić information content (AvgIpc) is 3.31. The molecule has 0 aliphatic carbocycles. The van der Waals surface area contributed by atoms with Crippen molar-refractivity contribution in [2.24, 2.45) is 7.05 Å². The second kappa shape index (κ2) is 4.79. The van der Waals surface area contributed by atoms with Crippen molar-refractivity contribution in [3.05, 3.63) is 72.7 Å². The molecule has 124 valence electrons. The Morgan fingerprint density at radius 2 is 1.88 bits per heavy atom. The summed E-state index contributed by atoms with van der Waals surface area (Å²) in [5, 5.41) is 1.22. The first-order valence-electron chi connectivity index (χ1n) is 8.71. The minimum absolute atomic E-state index is 0.853. The third-order valence-corrected chi connectivity index (χ3v) is 5.33. The van der Waals surface area contributed by atoms with E-state index in [1.54, 1.807) is 0 Å². The Kier molecular flexibility index (Phi) is 2.54. The highest BCUT2D eigenvalue weighted by Crippen LogP contribution is 2.37. The molecule has 0 unspecified atom stereocenters. The SMILES string of the molecule is C[n+]1c2n(c3c4ccncc4n(-c4ccccc4)c31)Cc1cccnc1-2. The first-order valence-corrected chi connectivity index (χ1v) is 8.71. The van der Waals surface area contributed by atoms with E-state index < -0.39 is 0 Å². The van der Waals surface area contributed by atoms with Crippen LogP contribution in [0.5, 0.6) is 0 Å². The van der Waals surface area contributed by atoms with Crippen molar-refractivity contribution in [3.63, 3.8) is 0 Å². The van der Waals surface area contributed by atoms with Crippen LogP contribution < -0.4 is 4.57 Å². The molecule has 1 aliphatic rings. The lowest BCUT2D eigenvalue weighted by atomic mass is 10.2. The van der Waals surface area contributed by atoms with Crippen molar-refractivity contribution in [2.45, 2.75) is 6.54 Å². The molecule has 6 rings (SSSR count). The molecule has 0 saturated heterocycles. The molecule has 1 aromatic carbocycles. The van der Waals surface area contributed by atoms with Crippen LogP contribution in [0.1, 0.15) is 5.56 Å². The van der Waals surface area contributed by atoms with Crippen LogP contribution in [-0.2, 0) is 13.6 Å². The molecule has 0 radical (unpaired) electrons. The minimum atomic E-state index is 0.853. The van der Waals surface area contributed by atoms with Crippen molar-refractivity contribution in [1.29, 1.82) is 0 Å². The number of pyridine rings is 2. The smallest absolute Gasteiger partial charge is 0.261 e. The maximum absolute atomic E-state index is 4.66. The molecule has 0 fully saturated rings. The summed E-state index contributed by atoms with van der Waals surface area (Å²) in [4.78, 5) is 9.04. The van der Waals surface area contributed by atoms with Crippen LogP contribution in [0, 0.1) is 0 Å². The zero-order valence-corrected chi connectivity index (χ0v) is 14.3. The second-order valence-electron chi connectivity index (χ2n) is 6.72. The Morgan fingerprint density at radius 1 is 1.00 bits per heavy atom. The Hall–Kier alpha value is -3.47. The quantitative estimate of drug-likeness (QED) is 0.432. The number of aromatic nitrogens is 5. The van der Waals surface area contributed by atoms with E-state index in [4.69, 9.17) is 0 Å². The van der Waals surface area contributed by atoms with Gasteiger partial charge in [-0.15, -0.1) is 0 Å². The Balaban J connectivity index is 1.83. The van der Waals surface area contributed by atoms with Gasteiger partial charge in [-0.1, -0.05) is 24.3 Å². The molecule has 0 bridgehead atoms. The number of benzene rings is 1. The summed E-state index contributed by atoms with van der Waals surface area (Å²) in [5.41, 5.74) is 7.02. The number of para-hydroxylation sites is 1. The highest BCUT2D eigenvalue weighted by atomic mass is 15.3. The number of rotatable bonds is 1. The van der Waals surface area contributed by atoms with Gasteiger partial charge in [-0.3, -0.25) is 4.98 Å². The summed E-state index contributed by atoms with van der Waals surface area (Å²) < 4.78 is 6.95. The Bertz CT molecular complexity index is 1310. The predicted molar refractivity (Wildman–Crippen MR) is 100 cm³/mol. The van der Waals surface area contributed by atoms with Crippen LogP contribution >= 0.6 is 0 Å². The lowest BCUT2D eigenvalue weighted by Gasteiger charge is -2.03. The summed E-state index contributed by atoms with van der Waals surface area (Å²) in [7, 11) is 2.13. The lowest BCUT2D eigenvalue weighted by molar-refractivity contribution is -0.636. The van der Waals surface area contributed by atoms with Gasteiger partial charge in [0.05, 0.1) is 25.2 Å². The molecule has 5 heteroatoms. The fourth-order valence-corrected chi connectivity index (χ4v) is 4.28. The first kappa shape index (κ1) is 13.8. The number of aryl methyl sites for hydroxylation is 1. The monoisotopic (exact) mass is 338 g/mol. The summed E-state index contributed by atoms with van der Waals surface area (Å²) in [6.45, 7) is 0.853. The first-order chi connectivity index (χ1) is 12.8. The van der Waals surface area contributed by atoms with Gasteiger partial charge in [-0.05, 0) is 24.3 Å². The fraction of sp³-hybridized carbons (Fsp3) is 0.0952. The van der Waals surface area contributed by atoms with Crippen molar-refractivity contribution < 1.29 is 4.57 Å². The van der Waals surface area contributed by atoms with Crippen LogP contribution in [0.4, 0.5) is 0 Å². The van der Waals surface area contributed by atoms with Gasteiger partial charge < -0.3 is 0 Å². The van der Waals surface area contributed by atoms with Crippen LogP contribution in [0.25, 0.3) is 39.3 Å². The number of fused-ring (bicyclic) bond motifs is 7. The number of imidazole rings is 1. The molecular weight excluding hydrogens is 322 g/mol. The zero-order valence-electron chi connectivity index (χ0n) is 14.3. The van der Waals surface area contributed by atoms with E-state index in [-0.39, 0.29) is 0 Å². The van der Waals surface area contributed by atoms with E-state index in [1.807, 2.05) is 30.7 Å². The fourth-order valence-electron chi connectivity index (χ4n) is 4.28. The number of hydrogen-bond acceptors (Lipinski definition) is 2. The number of hydrogen-bond donors (Lipinski definition) is 0. The Labute approximate surface area is 149 Å². The van der Waals surface area contributed by atoms with E-state index in [1.165, 1.54) is 22.1 Å². The van der Waals surface area contributed by atoms with Gasteiger partial charge in [0.15, 0.2) is 5.52 Å². The van der Waals surface area contributed by atoms with Gasteiger partial charge in [-0.25, -0.2) is 18.7 Å². The molecule has 0 spiro atoms. The second-order valence-corrected chi connectivity index (χ2v) is 6.72. The highest BCUT2D eigenvalue weighted by Gasteiger charge is 2.36. The van der Waals surface area contributed by atoms with E-state index in [9.17, 15) is 0 Å². The molecule has 0 atom stereocenters. The van der Waals surface area contributed by atoms with E-state index >= 15 is 0 Å². The van der Waals surface area contributed by atoms with Crippen molar-refractivity contribution >= 4 is 22.1 Å². The van der Waals surface area contributed by atoms with Crippen LogP contribution in [0.2, 0.25) is 0 Å². The topological polar surface area (TPSA) is 39.5 Å². The van der Waals surface area contributed by atoms with Gasteiger partial charge in [0.1, 0.15) is 16.9 Å². The van der Waals surface area contributed by atoms with E-state index in [0.717, 1.165) is 29.3 Å². The molecule has 26 heavy (non-hydrogen) atoms. The summed E-state index contributed by atoms with van der Waals surface area (Å²) in [5.74, 6) is 1.16. The van der Waals surface area contributed by atoms with Gasteiger partial charge in [0.25, 0.3) is 11.5 Å². The van der Waals surface area contributed by atoms with Crippen molar-refractivity contribution in [1.82, 2.24) is 19.1 Å². The molecule has 0 amide bonds. The molecule has 0 N–H and O–H groups in total. The van der Waals surface area contributed by atoms with Crippen LogP contribution in [0.15, 0.2) is 67.1 Å². The van der Waals surface area contributed by atoms with E-state index in [0.29, 0.717) is 0 Å². The van der Waals surface area contributed by atoms with Crippen molar-refractivity contribution in [2.75, 3.05) is 0 Å². The zero-order chi connectivity index (χ0) is 17.3. The third kappa shape index (κ3) is 1.57. The van der Waals surface area contributed by atoms with Gasteiger partial charge in [0.2, 0.25) is 0 Å². The molecule has 5 nitrogen and oxygen atoms in total. The molecule has 0 saturated carbocycles. The van der Waals surface area contributed by atoms with Crippen LogP contribution in [0.3, 0.4) is 0 Å². The van der Waals surface area contributed by atoms with Gasteiger partial charge in [0, 0.05) is 18.0 Å². The molecule has 4 aromatic heterocycles. The van der Waals surface area contributed by atoms with Crippen molar-refractivity contribution in [3.8, 4) is 17.2 Å². The molecular formula is C21H16N5+. The molecule has 5 heterocycles. The van der Waals surface area contributed by atoms with Gasteiger partial charge in [-0.2, -0.15) is 0 Å².